The standard InChI is InChI=1S/C17H20N2O2S.ClH/c1-11-6-9-22-16(11)14-10-15(14)17(20)19-12-2-4-13(5-3-12)21-8-7-18;/h2-6,9,14-15H,7-8,10,18H2,1H3,(H,19,20);1H. The van der Waals surface area contributed by atoms with Gasteiger partial charge in [-0.1, -0.05) is 0 Å². The summed E-state index contributed by atoms with van der Waals surface area (Å²) in [5.74, 6) is 1.37. The van der Waals surface area contributed by atoms with Crippen LogP contribution in [0.4, 0.5) is 5.69 Å². The molecular formula is C17H21ClN2O2S. The van der Waals surface area contributed by atoms with Gasteiger partial charge in [-0.3, -0.25) is 4.79 Å². The average molecular weight is 353 g/mol. The van der Waals surface area contributed by atoms with Crippen LogP contribution in [-0.4, -0.2) is 19.1 Å². The number of carbonyl (C=O) groups excluding carboxylic acids is 1. The number of hydrogen-bond donors (Lipinski definition) is 2. The number of nitrogens with two attached hydrogens (primary N) is 1. The number of anilines is 1. The van der Waals surface area contributed by atoms with Crippen LogP contribution in [0.15, 0.2) is 35.7 Å². The molecule has 3 rings (SSSR count). The monoisotopic (exact) mass is 352 g/mol. The molecule has 1 heterocycles. The van der Waals surface area contributed by atoms with Crippen LogP contribution in [0.5, 0.6) is 5.75 Å². The topological polar surface area (TPSA) is 64.3 Å². The molecule has 1 fully saturated rings. The van der Waals surface area contributed by atoms with Gasteiger partial charge < -0.3 is 15.8 Å². The van der Waals surface area contributed by atoms with Gasteiger partial charge in [0.1, 0.15) is 12.4 Å². The summed E-state index contributed by atoms with van der Waals surface area (Å²) >= 11 is 1.75. The van der Waals surface area contributed by atoms with E-state index in [2.05, 4.69) is 23.7 Å². The smallest absolute Gasteiger partial charge is 0.228 e. The highest BCUT2D eigenvalue weighted by atomic mass is 35.5. The number of hydrogen-bond acceptors (Lipinski definition) is 4. The van der Waals surface area contributed by atoms with Crippen LogP contribution in [0.25, 0.3) is 0 Å². The van der Waals surface area contributed by atoms with Crippen molar-refractivity contribution in [3.8, 4) is 5.75 Å². The lowest BCUT2D eigenvalue weighted by atomic mass is 10.2. The molecule has 1 aliphatic rings. The molecule has 0 bridgehead atoms. The molecule has 4 nitrogen and oxygen atoms in total. The minimum Gasteiger partial charge on any atom is -0.492 e. The van der Waals surface area contributed by atoms with Crippen molar-refractivity contribution in [3.05, 3.63) is 46.2 Å². The fourth-order valence-corrected chi connectivity index (χ4v) is 3.69. The summed E-state index contributed by atoms with van der Waals surface area (Å²) in [4.78, 5) is 13.6. The molecule has 2 atom stereocenters. The van der Waals surface area contributed by atoms with Gasteiger partial charge in [-0.2, -0.15) is 0 Å². The second kappa shape index (κ2) is 7.81. The molecule has 3 N–H and O–H groups in total. The third-order valence-corrected chi connectivity index (χ3v) is 5.02. The zero-order chi connectivity index (χ0) is 15.5. The lowest BCUT2D eigenvalue weighted by Gasteiger charge is -2.07. The molecule has 0 radical (unpaired) electrons. The first kappa shape index (κ1) is 17.8. The van der Waals surface area contributed by atoms with Crippen molar-refractivity contribution in [1.29, 1.82) is 0 Å². The van der Waals surface area contributed by atoms with Gasteiger partial charge in [0.2, 0.25) is 5.91 Å². The summed E-state index contributed by atoms with van der Waals surface area (Å²) < 4.78 is 5.42. The van der Waals surface area contributed by atoms with Crippen molar-refractivity contribution < 1.29 is 9.53 Å². The summed E-state index contributed by atoms with van der Waals surface area (Å²) in [6, 6.07) is 9.53. The summed E-state index contributed by atoms with van der Waals surface area (Å²) in [6.07, 6.45) is 0.949. The van der Waals surface area contributed by atoms with E-state index in [-0.39, 0.29) is 24.2 Å². The Bertz CT molecular complexity index is 657. The molecule has 1 aliphatic carbocycles. The van der Waals surface area contributed by atoms with Crippen molar-refractivity contribution in [2.24, 2.45) is 11.7 Å². The maximum atomic E-state index is 12.3. The molecule has 2 aromatic rings. The van der Waals surface area contributed by atoms with Gasteiger partial charge >= 0.3 is 0 Å². The van der Waals surface area contributed by atoms with Crippen LogP contribution >= 0.6 is 23.7 Å². The fourth-order valence-electron chi connectivity index (χ4n) is 2.59. The first-order valence-electron chi connectivity index (χ1n) is 7.47. The van der Waals surface area contributed by atoms with E-state index in [4.69, 9.17) is 10.5 Å². The summed E-state index contributed by atoms with van der Waals surface area (Å²) in [5, 5.41) is 5.08. The molecule has 23 heavy (non-hydrogen) atoms. The van der Waals surface area contributed by atoms with Crippen molar-refractivity contribution in [1.82, 2.24) is 0 Å². The van der Waals surface area contributed by atoms with E-state index in [1.807, 2.05) is 24.3 Å². The van der Waals surface area contributed by atoms with E-state index in [1.165, 1.54) is 10.4 Å². The predicted octanol–water partition coefficient (Wildman–Crippen LogP) is 3.56. The average Bonchev–Trinajstić information content (AvgIpc) is 3.21. The van der Waals surface area contributed by atoms with Crippen molar-refractivity contribution >= 4 is 35.3 Å². The molecular weight excluding hydrogens is 332 g/mol. The van der Waals surface area contributed by atoms with Crippen LogP contribution in [0.1, 0.15) is 22.8 Å². The van der Waals surface area contributed by atoms with Crippen molar-refractivity contribution in [2.45, 2.75) is 19.3 Å². The number of thiophene rings is 1. The molecule has 1 saturated carbocycles. The Kier molecular flexibility index (Phi) is 6.04. The van der Waals surface area contributed by atoms with Gasteiger partial charge in [-0.05, 0) is 54.6 Å². The first-order valence-corrected chi connectivity index (χ1v) is 8.35. The number of aryl methyl sites for hydroxylation is 1. The summed E-state index contributed by atoms with van der Waals surface area (Å²) in [6.45, 7) is 3.10. The molecule has 2 unspecified atom stereocenters. The molecule has 6 heteroatoms. The first-order chi connectivity index (χ1) is 10.7. The Hall–Kier alpha value is -1.56. The highest BCUT2D eigenvalue weighted by Gasteiger charge is 2.45. The van der Waals surface area contributed by atoms with Crippen LogP contribution < -0.4 is 15.8 Å². The number of nitrogens with one attached hydrogen (secondary N) is 1. The van der Waals surface area contributed by atoms with Crippen LogP contribution in [-0.2, 0) is 4.79 Å². The lowest BCUT2D eigenvalue weighted by Crippen LogP contribution is -2.14. The molecule has 1 aromatic carbocycles. The number of benzene rings is 1. The molecule has 0 aliphatic heterocycles. The largest absolute Gasteiger partial charge is 0.492 e. The van der Waals surface area contributed by atoms with E-state index in [9.17, 15) is 4.79 Å². The van der Waals surface area contributed by atoms with E-state index in [0.29, 0.717) is 19.1 Å². The Morgan fingerprint density at radius 1 is 1.35 bits per heavy atom. The maximum Gasteiger partial charge on any atom is 0.228 e. The predicted molar refractivity (Wildman–Crippen MR) is 96.8 cm³/mol. The molecule has 1 amide bonds. The number of rotatable bonds is 6. The van der Waals surface area contributed by atoms with Gasteiger partial charge in [0.05, 0.1) is 0 Å². The number of amides is 1. The second-order valence-corrected chi connectivity index (χ2v) is 6.52. The maximum absolute atomic E-state index is 12.3. The third-order valence-electron chi connectivity index (χ3n) is 3.87. The quantitative estimate of drug-likeness (QED) is 0.835. The molecule has 1 aromatic heterocycles. The summed E-state index contributed by atoms with van der Waals surface area (Å²) in [5.41, 5.74) is 7.50. The Morgan fingerprint density at radius 3 is 2.70 bits per heavy atom. The lowest BCUT2D eigenvalue weighted by molar-refractivity contribution is -0.117. The normalized spacial score (nSPS) is 18.9. The minimum absolute atomic E-state index is 0. The second-order valence-electron chi connectivity index (χ2n) is 5.57. The van der Waals surface area contributed by atoms with Crippen LogP contribution in [0.2, 0.25) is 0 Å². The summed E-state index contributed by atoms with van der Waals surface area (Å²) in [7, 11) is 0. The Balaban J connectivity index is 0.00000192. The van der Waals surface area contributed by atoms with E-state index in [1.54, 1.807) is 11.3 Å². The van der Waals surface area contributed by atoms with Crippen LogP contribution in [0.3, 0.4) is 0 Å². The highest BCUT2D eigenvalue weighted by molar-refractivity contribution is 7.10. The molecule has 0 saturated heterocycles. The minimum atomic E-state index is 0. The SMILES string of the molecule is Cc1ccsc1C1CC1C(=O)Nc1ccc(OCCN)cc1.Cl. The van der Waals surface area contributed by atoms with Gasteiger partial charge in [0.25, 0.3) is 0 Å². The van der Waals surface area contributed by atoms with Gasteiger partial charge in [-0.15, -0.1) is 23.7 Å². The Morgan fingerprint density at radius 2 is 2.09 bits per heavy atom. The fraction of sp³-hybridized carbons (Fsp3) is 0.353. The zero-order valence-corrected chi connectivity index (χ0v) is 14.6. The number of ether oxygens (including phenoxy) is 1. The van der Waals surface area contributed by atoms with E-state index >= 15 is 0 Å². The molecule has 124 valence electrons. The number of carbonyl (C=O) groups is 1. The van der Waals surface area contributed by atoms with E-state index in [0.717, 1.165) is 17.9 Å². The Labute approximate surface area is 146 Å². The van der Waals surface area contributed by atoms with Crippen molar-refractivity contribution in [2.75, 3.05) is 18.5 Å². The van der Waals surface area contributed by atoms with Gasteiger partial charge in [-0.25, -0.2) is 0 Å². The van der Waals surface area contributed by atoms with Gasteiger partial charge in [0.15, 0.2) is 0 Å². The van der Waals surface area contributed by atoms with Crippen molar-refractivity contribution in [3.63, 3.8) is 0 Å². The highest BCUT2D eigenvalue weighted by Crippen LogP contribution is 2.50. The van der Waals surface area contributed by atoms with Crippen LogP contribution in [0, 0.1) is 12.8 Å². The third kappa shape index (κ3) is 4.25. The molecule has 0 spiro atoms. The zero-order valence-electron chi connectivity index (χ0n) is 13.0. The van der Waals surface area contributed by atoms with E-state index < -0.39 is 0 Å². The van der Waals surface area contributed by atoms with Gasteiger partial charge in [0, 0.05) is 28.9 Å². The number of halogens is 1.